The van der Waals surface area contributed by atoms with Crippen LogP contribution in [0.2, 0.25) is 0 Å². The molecule has 2 aliphatic heterocycles. The Morgan fingerprint density at radius 2 is 2.03 bits per heavy atom. The standard InChI is InChI=1S/C25H18F2N4O5/c1-35-17-3-2-12-10-31(23(33)21(12)22(17)27)11-25(7-20(32)30-24(25)34)19-5-13-4-15(14-8-28-29-9-14)16(26)6-18(13)36-19/h2-6,8-9H,7,10-11H2,1H3,(H,28,29)(H,30,32,34)/t25-/m1/s1. The molecule has 3 amide bonds. The van der Waals surface area contributed by atoms with Crippen LogP contribution in [0, 0.1) is 11.6 Å². The zero-order valence-electron chi connectivity index (χ0n) is 18.9. The Kier molecular flexibility index (Phi) is 4.72. The van der Waals surface area contributed by atoms with Crippen molar-refractivity contribution >= 4 is 28.7 Å². The molecule has 2 N–H and O–H groups in total. The van der Waals surface area contributed by atoms with Gasteiger partial charge in [-0.15, -0.1) is 0 Å². The van der Waals surface area contributed by atoms with Gasteiger partial charge in [0.15, 0.2) is 11.6 Å². The predicted octanol–water partition coefficient (Wildman–Crippen LogP) is 3.05. The highest BCUT2D eigenvalue weighted by molar-refractivity contribution is 6.10. The largest absolute Gasteiger partial charge is 0.494 e. The van der Waals surface area contributed by atoms with Gasteiger partial charge < -0.3 is 14.1 Å². The van der Waals surface area contributed by atoms with E-state index >= 15 is 0 Å². The number of methoxy groups -OCH3 is 1. The molecule has 6 rings (SSSR count). The van der Waals surface area contributed by atoms with Gasteiger partial charge >= 0.3 is 0 Å². The van der Waals surface area contributed by atoms with Crippen LogP contribution in [-0.2, 0) is 21.5 Å². The lowest BCUT2D eigenvalue weighted by Crippen LogP contribution is -2.46. The highest BCUT2D eigenvalue weighted by Gasteiger charge is 2.53. The Morgan fingerprint density at radius 1 is 1.19 bits per heavy atom. The van der Waals surface area contributed by atoms with Crippen LogP contribution in [0.3, 0.4) is 0 Å². The molecule has 2 aromatic carbocycles. The van der Waals surface area contributed by atoms with Crippen LogP contribution in [0.5, 0.6) is 5.75 Å². The van der Waals surface area contributed by atoms with Crippen molar-refractivity contribution in [3.8, 4) is 16.9 Å². The fourth-order valence-electron chi connectivity index (χ4n) is 4.97. The van der Waals surface area contributed by atoms with Crippen LogP contribution in [-0.4, -0.2) is 46.5 Å². The van der Waals surface area contributed by atoms with Gasteiger partial charge in [-0.2, -0.15) is 5.10 Å². The lowest BCUT2D eigenvalue weighted by atomic mass is 9.82. The number of hydrogen-bond donors (Lipinski definition) is 2. The van der Waals surface area contributed by atoms with Crippen molar-refractivity contribution in [3.63, 3.8) is 0 Å². The molecule has 11 heteroatoms. The molecular weight excluding hydrogens is 474 g/mol. The van der Waals surface area contributed by atoms with E-state index in [1.54, 1.807) is 24.4 Å². The zero-order valence-corrected chi connectivity index (χ0v) is 18.9. The van der Waals surface area contributed by atoms with Crippen LogP contribution in [0.25, 0.3) is 22.1 Å². The fraction of sp³-hybridized carbons (Fsp3) is 0.200. The summed E-state index contributed by atoms with van der Waals surface area (Å²) in [6.45, 7) is -0.200. The highest BCUT2D eigenvalue weighted by atomic mass is 19.1. The van der Waals surface area contributed by atoms with Crippen LogP contribution in [0.1, 0.15) is 28.1 Å². The molecule has 2 aromatic heterocycles. The maximum Gasteiger partial charge on any atom is 0.257 e. The molecule has 1 fully saturated rings. The topological polar surface area (TPSA) is 118 Å². The number of nitrogens with zero attached hydrogens (tertiary/aromatic N) is 2. The first kappa shape index (κ1) is 22.0. The van der Waals surface area contributed by atoms with E-state index in [4.69, 9.17) is 9.15 Å². The van der Waals surface area contributed by atoms with Crippen molar-refractivity contribution in [1.82, 2.24) is 20.4 Å². The first-order valence-electron chi connectivity index (χ1n) is 11.0. The summed E-state index contributed by atoms with van der Waals surface area (Å²) >= 11 is 0. The average Bonchev–Trinajstić information content (AvgIpc) is 3.61. The number of carbonyl (C=O) groups excluding carboxylic acids is 3. The molecule has 9 nitrogen and oxygen atoms in total. The highest BCUT2D eigenvalue weighted by Crippen LogP contribution is 2.40. The van der Waals surface area contributed by atoms with Crippen molar-refractivity contribution in [2.75, 3.05) is 13.7 Å². The van der Waals surface area contributed by atoms with Crippen LogP contribution in [0.4, 0.5) is 8.78 Å². The van der Waals surface area contributed by atoms with Gasteiger partial charge in [-0.3, -0.25) is 24.8 Å². The van der Waals surface area contributed by atoms with Gasteiger partial charge in [-0.25, -0.2) is 8.78 Å². The molecule has 0 unspecified atom stereocenters. The molecule has 2 aliphatic rings. The monoisotopic (exact) mass is 492 g/mol. The molecule has 36 heavy (non-hydrogen) atoms. The minimum atomic E-state index is -1.57. The Labute approximate surface area is 202 Å². The smallest absolute Gasteiger partial charge is 0.257 e. The summed E-state index contributed by atoms with van der Waals surface area (Å²) in [4.78, 5) is 39.9. The molecule has 4 heterocycles. The van der Waals surface area contributed by atoms with Crippen LogP contribution in [0.15, 0.2) is 47.1 Å². The summed E-state index contributed by atoms with van der Waals surface area (Å²) < 4.78 is 40.5. The lowest BCUT2D eigenvalue weighted by molar-refractivity contribution is -0.127. The van der Waals surface area contributed by atoms with Crippen molar-refractivity contribution in [2.24, 2.45) is 0 Å². The Hall–Kier alpha value is -4.54. The number of fused-ring (bicyclic) bond motifs is 2. The van der Waals surface area contributed by atoms with E-state index < -0.39 is 34.8 Å². The fourth-order valence-corrected chi connectivity index (χ4v) is 4.97. The number of hydrogen-bond acceptors (Lipinski definition) is 6. The zero-order chi connectivity index (χ0) is 25.2. The van der Waals surface area contributed by atoms with Gasteiger partial charge in [-0.1, -0.05) is 6.07 Å². The van der Waals surface area contributed by atoms with Gasteiger partial charge in [-0.05, 0) is 23.8 Å². The number of aromatic nitrogens is 2. The molecule has 182 valence electrons. The van der Waals surface area contributed by atoms with Gasteiger partial charge in [0.05, 0.1) is 25.3 Å². The van der Waals surface area contributed by atoms with E-state index in [1.165, 1.54) is 30.3 Å². The number of halogens is 2. The second kappa shape index (κ2) is 7.74. The van der Waals surface area contributed by atoms with Gasteiger partial charge in [0.2, 0.25) is 11.8 Å². The van der Waals surface area contributed by atoms with E-state index in [0.717, 1.165) is 0 Å². The van der Waals surface area contributed by atoms with E-state index in [1.807, 2.05) is 0 Å². The first-order valence-corrected chi connectivity index (χ1v) is 11.0. The number of rotatable bonds is 5. The summed E-state index contributed by atoms with van der Waals surface area (Å²) in [7, 11) is 1.30. The summed E-state index contributed by atoms with van der Waals surface area (Å²) in [5, 5.41) is 9.25. The van der Waals surface area contributed by atoms with Gasteiger partial charge in [0.25, 0.3) is 5.91 Å². The van der Waals surface area contributed by atoms with Gasteiger partial charge in [0, 0.05) is 41.9 Å². The van der Waals surface area contributed by atoms with Crippen molar-refractivity contribution in [1.29, 1.82) is 0 Å². The van der Waals surface area contributed by atoms with Gasteiger partial charge in [0.1, 0.15) is 22.6 Å². The van der Waals surface area contributed by atoms with Crippen molar-refractivity contribution < 1.29 is 32.3 Å². The molecule has 1 saturated heterocycles. The molecule has 0 bridgehead atoms. The summed E-state index contributed by atoms with van der Waals surface area (Å²) in [6.07, 6.45) is 2.73. The van der Waals surface area contributed by atoms with E-state index in [9.17, 15) is 23.2 Å². The maximum atomic E-state index is 14.8. The SMILES string of the molecule is COc1ccc2c(c1F)C(=O)N(C[C@@]1(c3cc4cc(-c5cn[nH]c5)c(F)cc4o3)CC(=O)NC1=O)C2. The summed E-state index contributed by atoms with van der Waals surface area (Å²) in [5.41, 5.74) is -0.285. The minimum absolute atomic E-state index is 0.0395. The minimum Gasteiger partial charge on any atom is -0.494 e. The number of aromatic amines is 1. The molecule has 1 atom stereocenters. The molecule has 0 radical (unpaired) electrons. The number of ether oxygens (including phenoxy) is 1. The normalized spacial score (nSPS) is 19.3. The third-order valence-electron chi connectivity index (χ3n) is 6.77. The molecule has 0 aliphatic carbocycles. The number of benzene rings is 2. The van der Waals surface area contributed by atoms with E-state index in [0.29, 0.717) is 16.5 Å². The van der Waals surface area contributed by atoms with E-state index in [2.05, 4.69) is 15.5 Å². The number of carbonyl (C=O) groups is 3. The number of H-pyrrole nitrogens is 1. The van der Waals surface area contributed by atoms with Crippen LogP contribution < -0.4 is 10.1 Å². The lowest BCUT2D eigenvalue weighted by Gasteiger charge is -2.28. The van der Waals surface area contributed by atoms with Crippen molar-refractivity contribution in [2.45, 2.75) is 18.4 Å². The van der Waals surface area contributed by atoms with Crippen molar-refractivity contribution in [3.05, 3.63) is 71.2 Å². The number of furan rings is 1. The first-order chi connectivity index (χ1) is 17.3. The van der Waals surface area contributed by atoms with Crippen LogP contribution >= 0.6 is 0 Å². The number of nitrogens with one attached hydrogen (secondary N) is 2. The average molecular weight is 492 g/mol. The number of amides is 3. The van der Waals surface area contributed by atoms with E-state index in [-0.39, 0.29) is 47.7 Å². The third kappa shape index (κ3) is 3.12. The second-order valence-corrected chi connectivity index (χ2v) is 8.88. The predicted molar refractivity (Wildman–Crippen MR) is 121 cm³/mol. The molecular formula is C25H18F2N4O5. The number of imide groups is 1. The summed E-state index contributed by atoms with van der Waals surface area (Å²) in [6, 6.07) is 7.33. The second-order valence-electron chi connectivity index (χ2n) is 8.88. The third-order valence-corrected chi connectivity index (χ3v) is 6.77. The maximum absolute atomic E-state index is 14.8. The quantitative estimate of drug-likeness (QED) is 0.414. The Morgan fingerprint density at radius 3 is 2.72 bits per heavy atom. The Bertz CT molecular complexity index is 1580. The molecule has 0 saturated carbocycles. The molecule has 0 spiro atoms. The Balaban J connectivity index is 1.42. The summed E-state index contributed by atoms with van der Waals surface area (Å²) in [5.74, 6) is -3.12. The molecule has 4 aromatic rings.